The van der Waals surface area contributed by atoms with Crippen molar-refractivity contribution in [3.05, 3.63) is 102 Å². The molecule has 0 saturated carbocycles. The van der Waals surface area contributed by atoms with Crippen LogP contribution in [-0.4, -0.2) is 24.2 Å². The summed E-state index contributed by atoms with van der Waals surface area (Å²) in [5, 5.41) is 6.08. The second-order valence-electron chi connectivity index (χ2n) is 8.17. The number of aliphatic imine (C=N–C) groups is 1. The first kappa shape index (κ1) is 26.3. The molecule has 3 aromatic rings. The van der Waals surface area contributed by atoms with E-state index < -0.39 is 0 Å². The van der Waals surface area contributed by atoms with Gasteiger partial charge in [0, 0.05) is 54.5 Å². The number of nitrogens with one attached hydrogen (secondary N) is 2. The quantitative estimate of drug-likeness (QED) is 0.241. The van der Waals surface area contributed by atoms with Crippen LogP contribution in [0.4, 0.5) is 10.2 Å². The van der Waals surface area contributed by atoms with Gasteiger partial charge in [-0.3, -0.25) is 9.79 Å². The fourth-order valence-electron chi connectivity index (χ4n) is 3.58. The van der Waals surface area contributed by atoms with Gasteiger partial charge in [0.05, 0.1) is 0 Å². The van der Waals surface area contributed by atoms with E-state index in [0.717, 1.165) is 23.1 Å². The molecule has 0 spiro atoms. The molecule has 186 valence electrons. The van der Waals surface area contributed by atoms with Gasteiger partial charge in [-0.2, -0.15) is 0 Å². The fraction of sp³-hybridized carbons (Fsp3) is 0.207. The Labute approximate surface area is 211 Å². The van der Waals surface area contributed by atoms with Crippen molar-refractivity contribution in [2.75, 3.05) is 12.4 Å². The lowest BCUT2D eigenvalue weighted by atomic mass is 10.0. The van der Waals surface area contributed by atoms with Crippen molar-refractivity contribution < 1.29 is 13.9 Å². The number of rotatable bonds is 11. The number of carbonyl (C=O) groups excluding carboxylic acids is 1. The molecule has 0 aliphatic rings. The first-order chi connectivity index (χ1) is 17.4. The number of ether oxygens (including phenoxy) is 1. The number of hydrogen-bond acceptors (Lipinski definition) is 5. The molecule has 0 unspecified atom stereocenters. The Hall–Kier alpha value is -4.26. The minimum absolute atomic E-state index is 0.222. The molecule has 1 amide bonds. The van der Waals surface area contributed by atoms with Gasteiger partial charge < -0.3 is 15.4 Å². The molecule has 0 radical (unpaired) electrons. The van der Waals surface area contributed by atoms with E-state index in [4.69, 9.17) is 4.74 Å². The standard InChI is InChI=1S/C29H31FN4O2/c1-5-8-23(13-15-31-4)29(35)34-28-18-25(14-16-32-28)36-27-12-7-11-26(20(27)2)21(3)33-19-22-9-6-10-24(30)17-22/h6-7,9-18,33H,3,5,8,19H2,1-2,4H3,(H,32,34,35)/b23-13+,31-15?. The number of halogens is 1. The second-order valence-corrected chi connectivity index (χ2v) is 8.17. The lowest BCUT2D eigenvalue weighted by molar-refractivity contribution is -0.113. The summed E-state index contributed by atoms with van der Waals surface area (Å²) < 4.78 is 19.6. The highest BCUT2D eigenvalue weighted by molar-refractivity contribution is 6.05. The third-order valence-corrected chi connectivity index (χ3v) is 5.44. The first-order valence-corrected chi connectivity index (χ1v) is 11.7. The minimum atomic E-state index is -0.271. The van der Waals surface area contributed by atoms with Crippen LogP contribution in [-0.2, 0) is 11.3 Å². The molecule has 3 rings (SSSR count). The van der Waals surface area contributed by atoms with Crippen LogP contribution in [0.1, 0.15) is 36.5 Å². The third kappa shape index (κ3) is 7.37. The first-order valence-electron chi connectivity index (χ1n) is 11.7. The number of carbonyl (C=O) groups is 1. The Morgan fingerprint density at radius 2 is 2.00 bits per heavy atom. The maximum Gasteiger partial charge on any atom is 0.252 e. The maximum atomic E-state index is 13.5. The van der Waals surface area contributed by atoms with Crippen molar-refractivity contribution in [2.45, 2.75) is 33.2 Å². The van der Waals surface area contributed by atoms with Crippen LogP contribution in [0, 0.1) is 12.7 Å². The molecule has 0 atom stereocenters. The van der Waals surface area contributed by atoms with Crippen LogP contribution in [0.5, 0.6) is 11.5 Å². The minimum Gasteiger partial charge on any atom is -0.457 e. The molecule has 0 aliphatic carbocycles. The van der Waals surface area contributed by atoms with E-state index >= 15 is 0 Å². The third-order valence-electron chi connectivity index (χ3n) is 5.44. The fourth-order valence-corrected chi connectivity index (χ4v) is 3.58. The summed E-state index contributed by atoms with van der Waals surface area (Å²) in [5.41, 5.74) is 3.94. The Bertz CT molecular complexity index is 1280. The van der Waals surface area contributed by atoms with Crippen molar-refractivity contribution in [1.29, 1.82) is 0 Å². The molecule has 6 nitrogen and oxygen atoms in total. The number of allylic oxidation sites excluding steroid dienone is 1. The number of benzene rings is 2. The van der Waals surface area contributed by atoms with Gasteiger partial charge in [0.2, 0.25) is 0 Å². The largest absolute Gasteiger partial charge is 0.457 e. The summed E-state index contributed by atoms with van der Waals surface area (Å²) in [6.45, 7) is 8.55. The van der Waals surface area contributed by atoms with Crippen molar-refractivity contribution in [3.63, 3.8) is 0 Å². The monoisotopic (exact) mass is 486 g/mol. The normalized spacial score (nSPS) is 11.4. The summed E-state index contributed by atoms with van der Waals surface area (Å²) >= 11 is 0. The second kappa shape index (κ2) is 13.0. The van der Waals surface area contributed by atoms with E-state index in [1.165, 1.54) is 12.1 Å². The molecule has 36 heavy (non-hydrogen) atoms. The lowest BCUT2D eigenvalue weighted by Crippen LogP contribution is -2.15. The van der Waals surface area contributed by atoms with E-state index in [2.05, 4.69) is 27.2 Å². The van der Waals surface area contributed by atoms with Crippen molar-refractivity contribution in [3.8, 4) is 11.5 Å². The maximum absolute atomic E-state index is 13.5. The molecule has 2 N–H and O–H groups in total. The Morgan fingerprint density at radius 3 is 2.75 bits per heavy atom. The summed E-state index contributed by atoms with van der Waals surface area (Å²) in [4.78, 5) is 20.8. The number of hydrogen-bond donors (Lipinski definition) is 2. The van der Waals surface area contributed by atoms with Crippen LogP contribution in [0.3, 0.4) is 0 Å². The summed E-state index contributed by atoms with van der Waals surface area (Å²) in [5.74, 6) is 1.08. The molecule has 0 saturated heterocycles. The molecule has 0 fully saturated rings. The van der Waals surface area contributed by atoms with Crippen LogP contribution in [0.15, 0.2) is 84.0 Å². The summed E-state index contributed by atoms with van der Waals surface area (Å²) in [6.07, 6.45) is 6.38. The lowest BCUT2D eigenvalue weighted by Gasteiger charge is -2.16. The van der Waals surface area contributed by atoms with Gasteiger partial charge in [-0.1, -0.05) is 44.2 Å². The van der Waals surface area contributed by atoms with Crippen LogP contribution >= 0.6 is 0 Å². The van der Waals surface area contributed by atoms with E-state index in [9.17, 15) is 9.18 Å². The van der Waals surface area contributed by atoms with E-state index in [1.54, 1.807) is 43.7 Å². The van der Waals surface area contributed by atoms with Gasteiger partial charge in [0.25, 0.3) is 5.91 Å². The number of amides is 1. The summed E-state index contributed by atoms with van der Waals surface area (Å²) in [7, 11) is 1.66. The molecular formula is C29H31FN4O2. The number of anilines is 1. The number of nitrogens with zero attached hydrogens (tertiary/aromatic N) is 2. The molecular weight excluding hydrogens is 455 g/mol. The van der Waals surface area contributed by atoms with Crippen molar-refractivity contribution >= 4 is 23.6 Å². The average Bonchev–Trinajstić information content (AvgIpc) is 2.86. The van der Waals surface area contributed by atoms with E-state index in [0.29, 0.717) is 41.6 Å². The highest BCUT2D eigenvalue weighted by atomic mass is 19.1. The number of pyridine rings is 1. The Kier molecular flexibility index (Phi) is 9.51. The van der Waals surface area contributed by atoms with Gasteiger partial charge in [-0.15, -0.1) is 0 Å². The zero-order chi connectivity index (χ0) is 25.9. The van der Waals surface area contributed by atoms with E-state index in [1.807, 2.05) is 38.1 Å². The molecule has 7 heteroatoms. The van der Waals surface area contributed by atoms with Crippen LogP contribution < -0.4 is 15.4 Å². The predicted molar refractivity (Wildman–Crippen MR) is 144 cm³/mol. The Balaban J connectivity index is 1.71. The molecule has 1 heterocycles. The van der Waals surface area contributed by atoms with Gasteiger partial charge in [-0.05, 0) is 49.2 Å². The van der Waals surface area contributed by atoms with Gasteiger partial charge >= 0.3 is 0 Å². The average molecular weight is 487 g/mol. The van der Waals surface area contributed by atoms with Gasteiger partial charge in [-0.25, -0.2) is 9.37 Å². The zero-order valence-electron chi connectivity index (χ0n) is 20.8. The smallest absolute Gasteiger partial charge is 0.252 e. The van der Waals surface area contributed by atoms with Crippen LogP contribution in [0.2, 0.25) is 0 Å². The zero-order valence-corrected chi connectivity index (χ0v) is 20.8. The summed E-state index contributed by atoms with van der Waals surface area (Å²) in [6, 6.07) is 15.5. The molecule has 1 aromatic heterocycles. The van der Waals surface area contributed by atoms with Crippen molar-refractivity contribution in [1.82, 2.24) is 10.3 Å². The Morgan fingerprint density at radius 1 is 1.19 bits per heavy atom. The van der Waals surface area contributed by atoms with Gasteiger partial charge in [0.1, 0.15) is 23.1 Å². The predicted octanol–water partition coefficient (Wildman–Crippen LogP) is 6.45. The molecule has 0 bridgehead atoms. The topological polar surface area (TPSA) is 75.6 Å². The van der Waals surface area contributed by atoms with Gasteiger partial charge in [0.15, 0.2) is 0 Å². The van der Waals surface area contributed by atoms with Crippen molar-refractivity contribution in [2.24, 2.45) is 4.99 Å². The SMILES string of the molecule is C=C(NCc1cccc(F)c1)c1cccc(Oc2ccnc(NC(=O)/C(=C/C=NC)CCC)c2)c1C. The highest BCUT2D eigenvalue weighted by Gasteiger charge is 2.12. The number of aromatic nitrogens is 1. The van der Waals surface area contributed by atoms with Crippen LogP contribution in [0.25, 0.3) is 5.70 Å². The molecule has 0 aliphatic heterocycles. The highest BCUT2D eigenvalue weighted by Crippen LogP contribution is 2.30. The molecule has 2 aromatic carbocycles. The van der Waals surface area contributed by atoms with E-state index in [-0.39, 0.29) is 11.7 Å².